The third-order valence-electron chi connectivity index (χ3n) is 2.78. The summed E-state index contributed by atoms with van der Waals surface area (Å²) in [5.74, 6) is -0.571. The molecule has 0 aliphatic carbocycles. The molecule has 0 fully saturated rings. The molecular weight excluding hydrogens is 255 g/mol. The highest BCUT2D eigenvalue weighted by molar-refractivity contribution is 5.95. The third-order valence-corrected chi connectivity index (χ3v) is 2.78. The zero-order valence-corrected chi connectivity index (χ0v) is 11.1. The predicted molar refractivity (Wildman–Crippen MR) is 77.8 cm³/mol. The van der Waals surface area contributed by atoms with Crippen molar-refractivity contribution in [3.05, 3.63) is 65.5 Å². The van der Waals surface area contributed by atoms with Crippen molar-refractivity contribution in [2.24, 2.45) is 4.99 Å². The number of hydrogen-bond acceptors (Lipinski definition) is 2. The Balaban J connectivity index is 2.05. The highest BCUT2D eigenvalue weighted by Crippen LogP contribution is 2.14. The summed E-state index contributed by atoms with van der Waals surface area (Å²) in [4.78, 5) is 16.1. The first-order chi connectivity index (χ1) is 9.70. The molecule has 4 heteroatoms. The van der Waals surface area contributed by atoms with Crippen LogP contribution in [0.3, 0.4) is 0 Å². The number of nitrogens with one attached hydrogen (secondary N) is 1. The van der Waals surface area contributed by atoms with E-state index in [4.69, 9.17) is 0 Å². The molecule has 3 nitrogen and oxygen atoms in total. The number of halogens is 1. The van der Waals surface area contributed by atoms with Crippen LogP contribution in [0.4, 0.5) is 10.1 Å². The van der Waals surface area contributed by atoms with E-state index in [1.807, 2.05) is 13.0 Å². The summed E-state index contributed by atoms with van der Waals surface area (Å²) < 4.78 is 13.4. The van der Waals surface area contributed by atoms with Gasteiger partial charge in [-0.15, -0.1) is 0 Å². The Bertz CT molecular complexity index is 638. The largest absolute Gasteiger partial charge is 0.348 e. The van der Waals surface area contributed by atoms with Crippen molar-refractivity contribution >= 4 is 17.8 Å². The van der Waals surface area contributed by atoms with Crippen LogP contribution in [0, 0.1) is 5.82 Å². The van der Waals surface area contributed by atoms with E-state index in [9.17, 15) is 9.18 Å². The summed E-state index contributed by atoms with van der Waals surface area (Å²) >= 11 is 0. The fourth-order valence-corrected chi connectivity index (χ4v) is 1.80. The van der Waals surface area contributed by atoms with Gasteiger partial charge in [0.25, 0.3) is 5.91 Å². The van der Waals surface area contributed by atoms with E-state index in [0.29, 0.717) is 16.8 Å². The van der Waals surface area contributed by atoms with Crippen LogP contribution in [0.2, 0.25) is 0 Å². The SMILES string of the molecule is CC=Nc1cccc(C(=O)NCc2ccccc2F)c1. The first-order valence-electron chi connectivity index (χ1n) is 6.31. The first kappa shape index (κ1) is 13.9. The monoisotopic (exact) mass is 270 g/mol. The van der Waals surface area contributed by atoms with Crippen molar-refractivity contribution in [1.29, 1.82) is 0 Å². The zero-order chi connectivity index (χ0) is 14.4. The number of rotatable bonds is 4. The number of nitrogens with zero attached hydrogens (tertiary/aromatic N) is 1. The molecule has 0 radical (unpaired) electrons. The lowest BCUT2D eigenvalue weighted by Crippen LogP contribution is -2.23. The lowest BCUT2D eigenvalue weighted by molar-refractivity contribution is 0.0950. The standard InChI is InChI=1S/C16H15FN2O/c1-2-18-14-8-5-7-12(10-14)16(20)19-11-13-6-3-4-9-15(13)17/h2-10H,11H2,1H3,(H,19,20). The van der Waals surface area contributed by atoms with Crippen molar-refractivity contribution < 1.29 is 9.18 Å². The van der Waals surface area contributed by atoms with E-state index < -0.39 is 0 Å². The third kappa shape index (κ3) is 3.51. The van der Waals surface area contributed by atoms with Gasteiger partial charge in [0.1, 0.15) is 5.82 Å². The highest BCUT2D eigenvalue weighted by atomic mass is 19.1. The quantitative estimate of drug-likeness (QED) is 0.849. The molecule has 0 aromatic heterocycles. The van der Waals surface area contributed by atoms with Gasteiger partial charge < -0.3 is 5.32 Å². The predicted octanol–water partition coefficient (Wildman–Crippen LogP) is 3.48. The van der Waals surface area contributed by atoms with Gasteiger partial charge in [0.15, 0.2) is 0 Å². The summed E-state index contributed by atoms with van der Waals surface area (Å²) in [7, 11) is 0. The van der Waals surface area contributed by atoms with Gasteiger partial charge in [0.05, 0.1) is 5.69 Å². The molecule has 0 unspecified atom stereocenters. The molecular formula is C16H15FN2O. The summed E-state index contributed by atoms with van der Waals surface area (Å²) in [5, 5.41) is 2.69. The van der Waals surface area contributed by atoms with E-state index in [1.54, 1.807) is 42.6 Å². The lowest BCUT2D eigenvalue weighted by Gasteiger charge is -2.06. The summed E-state index contributed by atoms with van der Waals surface area (Å²) in [6.07, 6.45) is 1.66. The van der Waals surface area contributed by atoms with Crippen LogP contribution >= 0.6 is 0 Å². The van der Waals surface area contributed by atoms with Crippen molar-refractivity contribution in [2.75, 3.05) is 0 Å². The van der Waals surface area contributed by atoms with Crippen LogP contribution < -0.4 is 5.32 Å². The minimum atomic E-state index is -0.322. The Morgan fingerprint density at radius 3 is 2.80 bits per heavy atom. The van der Waals surface area contributed by atoms with E-state index in [2.05, 4.69) is 10.3 Å². The van der Waals surface area contributed by atoms with Gasteiger partial charge in [-0.25, -0.2) is 4.39 Å². The molecule has 0 saturated carbocycles. The van der Waals surface area contributed by atoms with E-state index in [0.717, 1.165) is 0 Å². The first-order valence-corrected chi connectivity index (χ1v) is 6.31. The molecule has 2 aromatic rings. The van der Waals surface area contributed by atoms with Gasteiger partial charge in [-0.2, -0.15) is 0 Å². The van der Waals surface area contributed by atoms with Crippen LogP contribution in [-0.2, 0) is 6.54 Å². The molecule has 20 heavy (non-hydrogen) atoms. The number of amides is 1. The topological polar surface area (TPSA) is 41.5 Å². The van der Waals surface area contributed by atoms with Crippen molar-refractivity contribution in [3.63, 3.8) is 0 Å². The number of carbonyl (C=O) groups is 1. The van der Waals surface area contributed by atoms with Crippen LogP contribution in [0.25, 0.3) is 0 Å². The van der Waals surface area contributed by atoms with Crippen molar-refractivity contribution in [1.82, 2.24) is 5.32 Å². The lowest BCUT2D eigenvalue weighted by atomic mass is 10.1. The summed E-state index contributed by atoms with van der Waals surface area (Å²) in [6, 6.07) is 13.3. The molecule has 1 amide bonds. The van der Waals surface area contributed by atoms with Crippen LogP contribution in [0.1, 0.15) is 22.8 Å². The summed E-state index contributed by atoms with van der Waals surface area (Å²) in [5.41, 5.74) is 1.68. The fraction of sp³-hybridized carbons (Fsp3) is 0.125. The maximum atomic E-state index is 13.4. The molecule has 2 rings (SSSR count). The minimum Gasteiger partial charge on any atom is -0.348 e. The number of hydrogen-bond donors (Lipinski definition) is 1. The maximum Gasteiger partial charge on any atom is 0.251 e. The number of aliphatic imine (C=N–C) groups is 1. The molecule has 0 bridgehead atoms. The van der Waals surface area contributed by atoms with Gasteiger partial charge in [0, 0.05) is 23.9 Å². The molecule has 0 aliphatic rings. The van der Waals surface area contributed by atoms with Crippen molar-refractivity contribution in [2.45, 2.75) is 13.5 Å². The fourth-order valence-electron chi connectivity index (χ4n) is 1.80. The minimum absolute atomic E-state index is 0.160. The zero-order valence-electron chi connectivity index (χ0n) is 11.1. The van der Waals surface area contributed by atoms with E-state index in [-0.39, 0.29) is 18.3 Å². The van der Waals surface area contributed by atoms with Crippen molar-refractivity contribution in [3.8, 4) is 0 Å². The van der Waals surface area contributed by atoms with Crippen LogP contribution in [-0.4, -0.2) is 12.1 Å². The highest BCUT2D eigenvalue weighted by Gasteiger charge is 2.07. The average Bonchev–Trinajstić information content (AvgIpc) is 2.47. The maximum absolute atomic E-state index is 13.4. The Labute approximate surface area is 117 Å². The van der Waals surface area contributed by atoms with Crippen LogP contribution in [0.15, 0.2) is 53.5 Å². The van der Waals surface area contributed by atoms with Crippen LogP contribution in [0.5, 0.6) is 0 Å². The van der Waals surface area contributed by atoms with Gasteiger partial charge >= 0.3 is 0 Å². The molecule has 0 atom stereocenters. The molecule has 0 spiro atoms. The Morgan fingerprint density at radius 1 is 1.25 bits per heavy atom. The molecule has 0 heterocycles. The van der Waals surface area contributed by atoms with Gasteiger partial charge in [-0.05, 0) is 31.2 Å². The second-order valence-corrected chi connectivity index (χ2v) is 4.21. The number of benzene rings is 2. The molecule has 102 valence electrons. The van der Waals surface area contributed by atoms with Gasteiger partial charge in [0.2, 0.25) is 0 Å². The average molecular weight is 270 g/mol. The molecule has 1 N–H and O–H groups in total. The smallest absolute Gasteiger partial charge is 0.251 e. The van der Waals surface area contributed by atoms with E-state index >= 15 is 0 Å². The second-order valence-electron chi connectivity index (χ2n) is 4.21. The van der Waals surface area contributed by atoms with Gasteiger partial charge in [-0.3, -0.25) is 9.79 Å². The molecule has 2 aromatic carbocycles. The Kier molecular flexibility index (Phi) is 4.60. The Hall–Kier alpha value is -2.49. The molecule has 0 aliphatic heterocycles. The Morgan fingerprint density at radius 2 is 2.05 bits per heavy atom. The van der Waals surface area contributed by atoms with E-state index in [1.165, 1.54) is 6.07 Å². The second kappa shape index (κ2) is 6.61. The van der Waals surface area contributed by atoms with Gasteiger partial charge in [-0.1, -0.05) is 24.3 Å². The normalized spacial score (nSPS) is 10.7. The molecule has 0 saturated heterocycles. The summed E-state index contributed by atoms with van der Waals surface area (Å²) in [6.45, 7) is 1.97. The number of carbonyl (C=O) groups excluding carboxylic acids is 1.